The van der Waals surface area contributed by atoms with Crippen molar-refractivity contribution in [2.24, 2.45) is 0 Å². The third-order valence-electron chi connectivity index (χ3n) is 7.48. The maximum atomic E-state index is 13.9. The van der Waals surface area contributed by atoms with Gasteiger partial charge in [0, 0.05) is 40.8 Å². The summed E-state index contributed by atoms with van der Waals surface area (Å²) in [7, 11) is 0. The highest BCUT2D eigenvalue weighted by Crippen LogP contribution is 2.43. The number of carbonyl (C=O) groups is 1. The van der Waals surface area contributed by atoms with Crippen LogP contribution in [0.15, 0.2) is 47.0 Å². The maximum absolute atomic E-state index is 13.9. The third kappa shape index (κ3) is 4.39. The van der Waals surface area contributed by atoms with Gasteiger partial charge in [-0.3, -0.25) is 4.79 Å². The normalized spacial score (nSPS) is 18.4. The van der Waals surface area contributed by atoms with Crippen LogP contribution in [0.5, 0.6) is 0 Å². The molecule has 6 rings (SSSR count). The van der Waals surface area contributed by atoms with Gasteiger partial charge in [-0.2, -0.15) is 18.2 Å². The SMILES string of the molecule is O=C(O)CC1NCCn2c1cc1cc(-c3noc(-c4ccc(C5CCCC5)c(C(F)(F)F)c4)n3)ccc12. The monoisotopic (exact) mass is 510 g/mol. The summed E-state index contributed by atoms with van der Waals surface area (Å²) >= 11 is 0. The molecule has 1 aliphatic heterocycles. The summed E-state index contributed by atoms with van der Waals surface area (Å²) in [4.78, 5) is 15.7. The zero-order valence-corrected chi connectivity index (χ0v) is 19.9. The Labute approximate surface area is 210 Å². The number of nitrogens with one attached hydrogen (secondary N) is 1. The van der Waals surface area contributed by atoms with E-state index >= 15 is 0 Å². The Morgan fingerprint density at radius 3 is 2.65 bits per heavy atom. The summed E-state index contributed by atoms with van der Waals surface area (Å²) in [5.74, 6) is -0.648. The quantitative estimate of drug-likeness (QED) is 0.334. The number of fused-ring (bicyclic) bond motifs is 3. The Morgan fingerprint density at radius 2 is 1.89 bits per heavy atom. The van der Waals surface area contributed by atoms with Gasteiger partial charge in [0.2, 0.25) is 5.82 Å². The number of hydrogen-bond acceptors (Lipinski definition) is 5. The second-order valence-corrected chi connectivity index (χ2v) is 9.80. The Bertz CT molecular complexity index is 1480. The smallest absolute Gasteiger partial charge is 0.416 e. The summed E-state index contributed by atoms with van der Waals surface area (Å²) in [6.07, 6.45) is -1.05. The van der Waals surface area contributed by atoms with Crippen molar-refractivity contribution in [2.45, 2.75) is 56.8 Å². The number of halogens is 3. The number of alkyl halides is 3. The Hall–Kier alpha value is -3.66. The molecule has 2 aromatic heterocycles. The highest BCUT2D eigenvalue weighted by atomic mass is 19.4. The largest absolute Gasteiger partial charge is 0.481 e. The molecule has 0 saturated heterocycles. The summed E-state index contributed by atoms with van der Waals surface area (Å²) in [5.41, 5.74) is 2.46. The van der Waals surface area contributed by atoms with E-state index < -0.39 is 17.7 Å². The number of hydrogen-bond donors (Lipinski definition) is 2. The van der Waals surface area contributed by atoms with Crippen LogP contribution >= 0.6 is 0 Å². The minimum Gasteiger partial charge on any atom is -0.481 e. The predicted octanol–water partition coefficient (Wildman–Crippen LogP) is 6.15. The first-order valence-corrected chi connectivity index (χ1v) is 12.4. The van der Waals surface area contributed by atoms with Gasteiger partial charge in [0.15, 0.2) is 0 Å². The topological polar surface area (TPSA) is 93.2 Å². The van der Waals surface area contributed by atoms with E-state index in [0.717, 1.165) is 54.9 Å². The van der Waals surface area contributed by atoms with Gasteiger partial charge < -0.3 is 19.5 Å². The highest BCUT2D eigenvalue weighted by Gasteiger charge is 2.36. The molecule has 1 aliphatic carbocycles. The van der Waals surface area contributed by atoms with E-state index in [1.165, 1.54) is 0 Å². The lowest BCUT2D eigenvalue weighted by Gasteiger charge is -2.25. The summed E-state index contributed by atoms with van der Waals surface area (Å²) in [6, 6.07) is 11.6. The average Bonchev–Trinajstić information content (AvgIpc) is 3.62. The van der Waals surface area contributed by atoms with Crippen molar-refractivity contribution in [3.05, 3.63) is 59.3 Å². The number of carboxylic acid groups (broad SMARTS) is 1. The van der Waals surface area contributed by atoms with Crippen molar-refractivity contribution in [3.8, 4) is 22.8 Å². The lowest BCUT2D eigenvalue weighted by atomic mass is 9.91. The van der Waals surface area contributed by atoms with Gasteiger partial charge >= 0.3 is 12.1 Å². The predicted molar refractivity (Wildman–Crippen MR) is 130 cm³/mol. The maximum Gasteiger partial charge on any atom is 0.416 e. The molecule has 1 saturated carbocycles. The molecule has 10 heteroatoms. The van der Waals surface area contributed by atoms with Crippen LogP contribution in [0, 0.1) is 0 Å². The van der Waals surface area contributed by atoms with Gasteiger partial charge in [-0.25, -0.2) is 0 Å². The van der Waals surface area contributed by atoms with Crippen LogP contribution in [0.25, 0.3) is 33.7 Å². The van der Waals surface area contributed by atoms with Gasteiger partial charge in [-0.05, 0) is 60.7 Å². The van der Waals surface area contributed by atoms with E-state index in [0.29, 0.717) is 17.7 Å². The summed E-state index contributed by atoms with van der Waals surface area (Å²) < 4.78 is 49.2. The molecule has 1 unspecified atom stereocenters. The number of benzene rings is 2. The van der Waals surface area contributed by atoms with Crippen LogP contribution in [0.2, 0.25) is 0 Å². The third-order valence-corrected chi connectivity index (χ3v) is 7.48. The van der Waals surface area contributed by atoms with Crippen LogP contribution < -0.4 is 5.32 Å². The molecule has 2 N–H and O–H groups in total. The average molecular weight is 511 g/mol. The first-order valence-electron chi connectivity index (χ1n) is 12.4. The van der Waals surface area contributed by atoms with E-state index in [1.54, 1.807) is 12.1 Å². The minimum absolute atomic E-state index is 0.0170. The number of aromatic nitrogens is 3. The van der Waals surface area contributed by atoms with E-state index in [9.17, 15) is 23.1 Å². The standard InChI is InChI=1S/C27H25F3N4O3/c28-27(29,30)20-12-17(5-7-19(20)15-3-1-2-4-15)26-32-25(33-37-26)16-6-8-22-18(11-16)13-23-21(14-24(35)36)31-9-10-34(22)23/h5-8,11-13,15,21,31H,1-4,9-10,14H2,(H,35,36). The van der Waals surface area contributed by atoms with Gasteiger partial charge in [0.25, 0.3) is 5.89 Å². The molecular weight excluding hydrogens is 485 g/mol. The molecule has 0 amide bonds. The van der Waals surface area contributed by atoms with Crippen LogP contribution in [-0.4, -0.2) is 32.3 Å². The van der Waals surface area contributed by atoms with Crippen LogP contribution in [0.4, 0.5) is 13.2 Å². The second kappa shape index (κ2) is 9.02. The Morgan fingerprint density at radius 1 is 1.11 bits per heavy atom. The molecule has 0 spiro atoms. The molecule has 0 radical (unpaired) electrons. The van der Waals surface area contributed by atoms with E-state index in [1.807, 2.05) is 24.3 Å². The molecule has 2 aromatic carbocycles. The zero-order valence-electron chi connectivity index (χ0n) is 19.9. The fraction of sp³-hybridized carbons (Fsp3) is 0.370. The number of nitrogens with zero attached hydrogens (tertiary/aromatic N) is 3. The molecule has 4 aromatic rings. The van der Waals surface area contributed by atoms with Crippen LogP contribution in [-0.2, 0) is 17.5 Å². The Balaban J connectivity index is 1.33. The van der Waals surface area contributed by atoms with Gasteiger partial charge in [0.05, 0.1) is 18.0 Å². The minimum atomic E-state index is -4.47. The number of aliphatic carboxylic acids is 1. The van der Waals surface area contributed by atoms with E-state index in [4.69, 9.17) is 4.52 Å². The summed E-state index contributed by atoms with van der Waals surface area (Å²) in [6.45, 7) is 1.39. The van der Waals surface area contributed by atoms with Crippen molar-refractivity contribution in [2.75, 3.05) is 6.54 Å². The molecule has 7 nitrogen and oxygen atoms in total. The van der Waals surface area contributed by atoms with Crippen LogP contribution in [0.3, 0.4) is 0 Å². The number of rotatable bonds is 5. The fourth-order valence-corrected chi connectivity index (χ4v) is 5.76. The van der Waals surface area contributed by atoms with Crippen molar-refractivity contribution in [3.63, 3.8) is 0 Å². The molecule has 3 heterocycles. The lowest BCUT2D eigenvalue weighted by Crippen LogP contribution is -2.34. The van der Waals surface area contributed by atoms with Crippen molar-refractivity contribution in [1.82, 2.24) is 20.0 Å². The fourth-order valence-electron chi connectivity index (χ4n) is 5.76. The lowest BCUT2D eigenvalue weighted by molar-refractivity contribution is -0.139. The molecule has 2 aliphatic rings. The van der Waals surface area contributed by atoms with Crippen LogP contribution in [0.1, 0.15) is 60.9 Å². The van der Waals surface area contributed by atoms with Crippen molar-refractivity contribution in [1.29, 1.82) is 0 Å². The van der Waals surface area contributed by atoms with Gasteiger partial charge in [0.1, 0.15) is 0 Å². The molecule has 1 atom stereocenters. The molecule has 0 bridgehead atoms. The molecule has 37 heavy (non-hydrogen) atoms. The molecule has 192 valence electrons. The van der Waals surface area contributed by atoms with E-state index in [2.05, 4.69) is 20.0 Å². The first-order chi connectivity index (χ1) is 17.8. The number of carboxylic acids is 1. The zero-order chi connectivity index (χ0) is 25.7. The van der Waals surface area contributed by atoms with Crippen molar-refractivity contribution >= 4 is 16.9 Å². The first kappa shape index (κ1) is 23.7. The molecule has 1 fully saturated rings. The van der Waals surface area contributed by atoms with E-state index in [-0.39, 0.29) is 35.7 Å². The molecular formula is C27H25F3N4O3. The second-order valence-electron chi connectivity index (χ2n) is 9.80. The van der Waals surface area contributed by atoms with Gasteiger partial charge in [-0.15, -0.1) is 0 Å². The summed E-state index contributed by atoms with van der Waals surface area (Å²) in [5, 5.41) is 17.4. The Kier molecular flexibility index (Phi) is 5.78. The van der Waals surface area contributed by atoms with Crippen molar-refractivity contribution < 1.29 is 27.6 Å². The van der Waals surface area contributed by atoms with Gasteiger partial charge in [-0.1, -0.05) is 24.1 Å². The highest BCUT2D eigenvalue weighted by molar-refractivity contribution is 5.86.